The fourth-order valence-electron chi connectivity index (χ4n) is 1.03. The van der Waals surface area contributed by atoms with E-state index in [9.17, 15) is 0 Å². The van der Waals surface area contributed by atoms with Crippen molar-refractivity contribution in [2.24, 2.45) is 22.9 Å². The third-order valence-electron chi connectivity index (χ3n) is 2.09. The van der Waals surface area contributed by atoms with Crippen LogP contribution >= 0.6 is 0 Å². The van der Waals surface area contributed by atoms with Gasteiger partial charge in [-0.15, -0.1) is 0 Å². The molecular formula is C16H44N4. The zero-order valence-electron chi connectivity index (χ0n) is 15.0. The van der Waals surface area contributed by atoms with Gasteiger partial charge < -0.3 is 22.9 Å². The fraction of sp³-hybridized carbons (Fsp3) is 1.00. The van der Waals surface area contributed by atoms with Crippen LogP contribution in [-0.2, 0) is 0 Å². The highest BCUT2D eigenvalue weighted by Gasteiger charge is 1.85. The van der Waals surface area contributed by atoms with E-state index in [1.54, 1.807) is 0 Å². The van der Waals surface area contributed by atoms with Gasteiger partial charge in [0.2, 0.25) is 0 Å². The Morgan fingerprint density at radius 2 is 1.15 bits per heavy atom. The molecule has 0 aliphatic heterocycles. The highest BCUT2D eigenvalue weighted by Crippen LogP contribution is 1.95. The lowest BCUT2D eigenvalue weighted by molar-refractivity contribution is 0.653. The van der Waals surface area contributed by atoms with Crippen molar-refractivity contribution >= 4 is 0 Å². The second-order valence-electron chi connectivity index (χ2n) is 4.81. The Labute approximate surface area is 129 Å². The predicted octanol–water partition coefficient (Wildman–Crippen LogP) is 2.98. The number of nitrogens with two attached hydrogens (primary N) is 4. The van der Waals surface area contributed by atoms with Crippen molar-refractivity contribution in [1.29, 1.82) is 0 Å². The summed E-state index contributed by atoms with van der Waals surface area (Å²) in [4.78, 5) is 0. The van der Waals surface area contributed by atoms with Crippen LogP contribution in [0.15, 0.2) is 0 Å². The second-order valence-corrected chi connectivity index (χ2v) is 4.81. The highest BCUT2D eigenvalue weighted by atomic mass is 14.6. The summed E-state index contributed by atoms with van der Waals surface area (Å²) in [5.41, 5.74) is 20.5. The van der Waals surface area contributed by atoms with E-state index in [-0.39, 0.29) is 0 Å². The minimum atomic E-state index is 0.398. The van der Waals surface area contributed by atoms with E-state index in [1.165, 1.54) is 32.1 Å². The van der Waals surface area contributed by atoms with Gasteiger partial charge in [-0.1, -0.05) is 53.4 Å². The van der Waals surface area contributed by atoms with Gasteiger partial charge in [0.05, 0.1) is 0 Å². The maximum Gasteiger partial charge on any atom is 0.00103 e. The van der Waals surface area contributed by atoms with Crippen molar-refractivity contribution in [1.82, 2.24) is 0 Å². The lowest BCUT2D eigenvalue weighted by Gasteiger charge is -1.96. The molecule has 4 heteroatoms. The van der Waals surface area contributed by atoms with E-state index in [0.717, 1.165) is 32.5 Å². The molecule has 128 valence electrons. The molecular weight excluding hydrogens is 248 g/mol. The average molecular weight is 293 g/mol. The van der Waals surface area contributed by atoms with Gasteiger partial charge in [0.1, 0.15) is 0 Å². The molecule has 1 atom stereocenters. The van der Waals surface area contributed by atoms with Crippen molar-refractivity contribution in [2.45, 2.75) is 85.6 Å². The minimum absolute atomic E-state index is 0.398. The van der Waals surface area contributed by atoms with Gasteiger partial charge in [0.25, 0.3) is 0 Å². The smallest absolute Gasteiger partial charge is 0.00103 e. The quantitative estimate of drug-likeness (QED) is 0.541. The monoisotopic (exact) mass is 292 g/mol. The van der Waals surface area contributed by atoms with Crippen LogP contribution in [-0.4, -0.2) is 25.7 Å². The van der Waals surface area contributed by atoms with Gasteiger partial charge in [-0.25, -0.2) is 0 Å². The standard InChI is InChI=1S/C6H15N.C5H13N.C3H9N.C2H7N/c1-2-3-4-5-6-7;1-3-4-5(2)6;1-2-3-4;1-2-3/h2-7H2,1H3;5H,3-4,6H2,1-2H3;2-4H2,1H3;2-3H2,1H3. The lowest BCUT2D eigenvalue weighted by atomic mass is 10.2. The first-order valence-corrected chi connectivity index (χ1v) is 8.37. The Morgan fingerprint density at radius 1 is 0.700 bits per heavy atom. The molecule has 0 saturated carbocycles. The van der Waals surface area contributed by atoms with Crippen LogP contribution in [0.3, 0.4) is 0 Å². The van der Waals surface area contributed by atoms with Crippen LogP contribution in [0.1, 0.15) is 79.6 Å². The second kappa shape index (κ2) is 36.4. The molecule has 0 bridgehead atoms. The Morgan fingerprint density at radius 3 is 1.30 bits per heavy atom. The summed E-state index contributed by atoms with van der Waals surface area (Å²) in [6, 6.07) is 0.398. The molecule has 0 radical (unpaired) electrons. The fourth-order valence-corrected chi connectivity index (χ4v) is 1.03. The molecule has 0 spiro atoms. The number of hydrogen-bond acceptors (Lipinski definition) is 4. The van der Waals surface area contributed by atoms with E-state index < -0.39 is 0 Å². The SMILES string of the molecule is CCCC(C)N.CCCCCCN.CCCN.CCN. The average Bonchev–Trinajstić information content (AvgIpc) is 2.41. The van der Waals surface area contributed by atoms with Crippen LogP contribution in [0.4, 0.5) is 0 Å². The van der Waals surface area contributed by atoms with E-state index >= 15 is 0 Å². The third-order valence-corrected chi connectivity index (χ3v) is 2.09. The zero-order valence-corrected chi connectivity index (χ0v) is 15.0. The summed E-state index contributed by atoms with van der Waals surface area (Å²) in [7, 11) is 0. The van der Waals surface area contributed by atoms with Crippen LogP contribution in [0.2, 0.25) is 0 Å². The maximum absolute atomic E-state index is 5.40. The van der Waals surface area contributed by atoms with Gasteiger partial charge in [-0.05, 0) is 45.8 Å². The largest absolute Gasteiger partial charge is 0.331 e. The molecule has 0 heterocycles. The molecule has 20 heavy (non-hydrogen) atoms. The van der Waals surface area contributed by atoms with E-state index in [4.69, 9.17) is 22.9 Å². The topological polar surface area (TPSA) is 104 Å². The third kappa shape index (κ3) is 82.3. The molecule has 0 aliphatic rings. The van der Waals surface area contributed by atoms with Gasteiger partial charge in [-0.3, -0.25) is 0 Å². The summed E-state index contributed by atoms with van der Waals surface area (Å²) < 4.78 is 0. The highest BCUT2D eigenvalue weighted by molar-refractivity contribution is 4.47. The maximum atomic E-state index is 5.40. The van der Waals surface area contributed by atoms with Crippen molar-refractivity contribution in [3.05, 3.63) is 0 Å². The molecule has 0 aromatic carbocycles. The van der Waals surface area contributed by atoms with Crippen molar-refractivity contribution in [2.75, 3.05) is 19.6 Å². The minimum Gasteiger partial charge on any atom is -0.331 e. The molecule has 0 aliphatic carbocycles. The molecule has 1 unspecified atom stereocenters. The summed E-state index contributed by atoms with van der Waals surface area (Å²) in [5.74, 6) is 0. The molecule has 0 rings (SSSR count). The Bertz CT molecular complexity index is 103. The molecule has 0 aromatic heterocycles. The molecule has 4 nitrogen and oxygen atoms in total. The first kappa shape index (κ1) is 28.1. The van der Waals surface area contributed by atoms with E-state index in [1.807, 2.05) is 13.8 Å². The molecule has 0 fully saturated rings. The first-order valence-electron chi connectivity index (χ1n) is 8.37. The Hall–Kier alpha value is -0.160. The Kier molecular flexibility index (Phi) is 51.0. The molecule has 0 amide bonds. The lowest BCUT2D eigenvalue weighted by Crippen LogP contribution is -2.13. The van der Waals surface area contributed by atoms with Crippen LogP contribution in [0.5, 0.6) is 0 Å². The summed E-state index contributed by atoms with van der Waals surface area (Å²) in [6.45, 7) is 12.8. The van der Waals surface area contributed by atoms with Crippen LogP contribution in [0.25, 0.3) is 0 Å². The van der Waals surface area contributed by atoms with Crippen LogP contribution in [0, 0.1) is 0 Å². The van der Waals surface area contributed by atoms with Crippen LogP contribution < -0.4 is 22.9 Å². The molecule has 0 aromatic rings. The van der Waals surface area contributed by atoms with Gasteiger partial charge in [0, 0.05) is 6.04 Å². The summed E-state index contributed by atoms with van der Waals surface area (Å²) >= 11 is 0. The first-order chi connectivity index (χ1) is 9.51. The molecule has 8 N–H and O–H groups in total. The van der Waals surface area contributed by atoms with Crippen molar-refractivity contribution in [3.63, 3.8) is 0 Å². The number of unbranched alkanes of at least 4 members (excludes halogenated alkanes) is 3. The van der Waals surface area contributed by atoms with E-state index in [2.05, 4.69) is 20.8 Å². The number of hydrogen-bond donors (Lipinski definition) is 4. The normalized spacial score (nSPS) is 10.1. The van der Waals surface area contributed by atoms with Crippen molar-refractivity contribution in [3.8, 4) is 0 Å². The van der Waals surface area contributed by atoms with Gasteiger partial charge >= 0.3 is 0 Å². The summed E-state index contributed by atoms with van der Waals surface area (Å²) in [5, 5.41) is 0. The number of rotatable bonds is 7. The molecule has 0 saturated heterocycles. The summed E-state index contributed by atoms with van der Waals surface area (Å²) in [6.07, 6.45) is 8.62. The van der Waals surface area contributed by atoms with Gasteiger partial charge in [0.15, 0.2) is 0 Å². The van der Waals surface area contributed by atoms with Gasteiger partial charge in [-0.2, -0.15) is 0 Å². The van der Waals surface area contributed by atoms with Crippen molar-refractivity contribution < 1.29 is 0 Å². The zero-order chi connectivity index (χ0) is 16.6. The van der Waals surface area contributed by atoms with E-state index in [0.29, 0.717) is 6.04 Å². The predicted molar refractivity (Wildman–Crippen MR) is 95.8 cm³/mol. The Balaban J connectivity index is -0.0000000899.